The predicted octanol–water partition coefficient (Wildman–Crippen LogP) is 4.14. The van der Waals surface area contributed by atoms with Crippen molar-refractivity contribution >= 4 is 5.96 Å². The van der Waals surface area contributed by atoms with E-state index in [0.717, 1.165) is 29.3 Å². The third-order valence-corrected chi connectivity index (χ3v) is 4.95. The molecule has 3 aromatic rings. The first-order valence-electron chi connectivity index (χ1n) is 9.85. The van der Waals surface area contributed by atoms with E-state index in [1.165, 1.54) is 12.1 Å². The highest BCUT2D eigenvalue weighted by molar-refractivity contribution is 5.80. The first kappa shape index (κ1) is 22.3. The van der Waals surface area contributed by atoms with E-state index in [1.807, 2.05) is 55.8 Å². The number of rotatable bonds is 6. The van der Waals surface area contributed by atoms with Crippen LogP contribution in [0.1, 0.15) is 41.3 Å². The molecule has 0 amide bonds. The van der Waals surface area contributed by atoms with E-state index in [9.17, 15) is 13.2 Å². The van der Waals surface area contributed by atoms with Crippen molar-refractivity contribution in [3.8, 4) is 0 Å². The summed E-state index contributed by atoms with van der Waals surface area (Å²) < 4.78 is 40.2. The van der Waals surface area contributed by atoms with Crippen LogP contribution in [0.5, 0.6) is 0 Å². The fourth-order valence-electron chi connectivity index (χ4n) is 2.92. The molecule has 2 aromatic carbocycles. The summed E-state index contributed by atoms with van der Waals surface area (Å²) in [5.41, 5.74) is 1.09. The lowest BCUT2D eigenvalue weighted by atomic mass is 10.1. The van der Waals surface area contributed by atoms with Gasteiger partial charge < -0.3 is 15.2 Å². The number of aliphatic imine (C=N–C) groups is 1. The molecule has 0 aliphatic carbocycles. The van der Waals surface area contributed by atoms with E-state index >= 15 is 0 Å². The largest absolute Gasteiger partial charge is 0.416 e. The zero-order valence-electron chi connectivity index (χ0n) is 17.6. The van der Waals surface area contributed by atoms with Gasteiger partial charge in [-0.1, -0.05) is 42.5 Å². The molecule has 0 fully saturated rings. The Hall–Kier alpha value is -3.36. The minimum absolute atomic E-state index is 0.0266. The maximum atomic E-state index is 12.8. The Balaban J connectivity index is 1.74. The Kier molecular flexibility index (Phi) is 6.94. The monoisotopic (exact) mass is 430 g/mol. The van der Waals surface area contributed by atoms with Gasteiger partial charge in [-0.25, -0.2) is 4.99 Å². The number of aromatic nitrogens is 3. The first-order valence-corrected chi connectivity index (χ1v) is 9.85. The Labute approximate surface area is 179 Å². The Morgan fingerprint density at radius 2 is 1.74 bits per heavy atom. The number of benzene rings is 2. The summed E-state index contributed by atoms with van der Waals surface area (Å²) in [7, 11) is 1.88. The van der Waals surface area contributed by atoms with E-state index < -0.39 is 11.7 Å². The van der Waals surface area contributed by atoms with Crippen molar-refractivity contribution in [2.75, 3.05) is 0 Å². The van der Waals surface area contributed by atoms with Gasteiger partial charge in [0.1, 0.15) is 5.82 Å². The molecule has 1 aromatic heterocycles. The molecular weight excluding hydrogens is 405 g/mol. The molecule has 3 rings (SSSR count). The molecule has 1 atom stereocenters. The molecule has 0 aliphatic heterocycles. The van der Waals surface area contributed by atoms with Gasteiger partial charge in [0, 0.05) is 7.05 Å². The highest BCUT2D eigenvalue weighted by atomic mass is 19.4. The van der Waals surface area contributed by atoms with E-state index in [4.69, 9.17) is 0 Å². The summed E-state index contributed by atoms with van der Waals surface area (Å²) in [6.45, 7) is 4.51. The molecule has 0 radical (unpaired) electrons. The zero-order chi connectivity index (χ0) is 22.4. The van der Waals surface area contributed by atoms with Crippen LogP contribution < -0.4 is 10.6 Å². The van der Waals surface area contributed by atoms with Gasteiger partial charge in [-0.15, -0.1) is 10.2 Å². The van der Waals surface area contributed by atoms with Crippen molar-refractivity contribution < 1.29 is 13.2 Å². The molecule has 0 saturated heterocycles. The molecule has 0 saturated carbocycles. The van der Waals surface area contributed by atoms with Gasteiger partial charge in [0.25, 0.3) is 0 Å². The van der Waals surface area contributed by atoms with Crippen LogP contribution in [0.25, 0.3) is 0 Å². The van der Waals surface area contributed by atoms with Crippen LogP contribution in [0.3, 0.4) is 0 Å². The Morgan fingerprint density at radius 1 is 1.06 bits per heavy atom. The molecule has 0 spiro atoms. The third kappa shape index (κ3) is 6.07. The third-order valence-electron chi connectivity index (χ3n) is 4.95. The molecule has 0 bridgehead atoms. The number of alkyl halides is 3. The van der Waals surface area contributed by atoms with Crippen LogP contribution in [-0.2, 0) is 26.3 Å². The quantitative estimate of drug-likeness (QED) is 0.456. The fraction of sp³-hybridized carbons (Fsp3) is 0.318. The average Bonchev–Trinajstić information content (AvgIpc) is 3.08. The normalized spacial score (nSPS) is 13.2. The topological polar surface area (TPSA) is 67.1 Å². The molecule has 1 heterocycles. The van der Waals surface area contributed by atoms with E-state index in [-0.39, 0.29) is 12.6 Å². The first-order chi connectivity index (χ1) is 14.7. The van der Waals surface area contributed by atoms with Gasteiger partial charge in [0.2, 0.25) is 0 Å². The van der Waals surface area contributed by atoms with Crippen LogP contribution >= 0.6 is 0 Å². The Bertz CT molecular complexity index is 1010. The predicted molar refractivity (Wildman–Crippen MR) is 113 cm³/mol. The van der Waals surface area contributed by atoms with Gasteiger partial charge in [0.15, 0.2) is 11.8 Å². The van der Waals surface area contributed by atoms with Crippen LogP contribution in [0.4, 0.5) is 13.2 Å². The second-order valence-corrected chi connectivity index (χ2v) is 7.21. The van der Waals surface area contributed by atoms with E-state index in [1.54, 1.807) is 0 Å². The lowest BCUT2D eigenvalue weighted by molar-refractivity contribution is -0.137. The van der Waals surface area contributed by atoms with Crippen LogP contribution in [0.2, 0.25) is 0 Å². The standard InChI is InChI=1S/C22H25F3N6/c1-15(18-7-5-4-6-8-18)28-21(27-14-20-30-29-16(2)31(20)3)26-13-17-9-11-19(12-10-17)22(23,24)25/h4-12,15H,13-14H2,1-3H3,(H2,26,27,28). The summed E-state index contributed by atoms with van der Waals surface area (Å²) in [6, 6.07) is 14.9. The zero-order valence-corrected chi connectivity index (χ0v) is 17.6. The summed E-state index contributed by atoms with van der Waals surface area (Å²) in [5, 5.41) is 14.8. The van der Waals surface area contributed by atoms with Crippen molar-refractivity contribution in [1.29, 1.82) is 0 Å². The lowest BCUT2D eigenvalue weighted by Crippen LogP contribution is -2.39. The molecule has 1 unspecified atom stereocenters. The van der Waals surface area contributed by atoms with Gasteiger partial charge in [-0.3, -0.25) is 0 Å². The molecule has 0 aliphatic rings. The van der Waals surface area contributed by atoms with Crippen molar-refractivity contribution in [2.45, 2.75) is 39.2 Å². The molecule has 164 valence electrons. The minimum atomic E-state index is -4.35. The van der Waals surface area contributed by atoms with Gasteiger partial charge in [-0.05, 0) is 37.1 Å². The van der Waals surface area contributed by atoms with Gasteiger partial charge >= 0.3 is 6.18 Å². The number of guanidine groups is 1. The van der Waals surface area contributed by atoms with Crippen molar-refractivity contribution in [1.82, 2.24) is 25.4 Å². The SMILES string of the molecule is Cc1nnc(CNC(=NCc2ccc(C(F)(F)F)cc2)NC(C)c2ccccc2)n1C. The number of aryl methyl sites for hydroxylation is 1. The van der Waals surface area contributed by atoms with Crippen molar-refractivity contribution in [3.05, 3.63) is 82.9 Å². The number of halogens is 3. The number of nitrogens with one attached hydrogen (secondary N) is 2. The number of hydrogen-bond donors (Lipinski definition) is 2. The fourth-order valence-corrected chi connectivity index (χ4v) is 2.92. The highest BCUT2D eigenvalue weighted by Gasteiger charge is 2.29. The van der Waals surface area contributed by atoms with Gasteiger partial charge in [0.05, 0.1) is 24.7 Å². The highest BCUT2D eigenvalue weighted by Crippen LogP contribution is 2.29. The molecule has 2 N–H and O–H groups in total. The summed E-state index contributed by atoms with van der Waals surface area (Å²) in [4.78, 5) is 4.56. The molecule has 9 heteroatoms. The van der Waals surface area contributed by atoms with Crippen LogP contribution in [-0.4, -0.2) is 20.7 Å². The van der Waals surface area contributed by atoms with Crippen LogP contribution in [0, 0.1) is 6.92 Å². The number of nitrogens with zero attached hydrogens (tertiary/aromatic N) is 4. The lowest BCUT2D eigenvalue weighted by Gasteiger charge is -2.19. The summed E-state index contributed by atoms with van der Waals surface area (Å²) >= 11 is 0. The number of hydrogen-bond acceptors (Lipinski definition) is 3. The minimum Gasteiger partial charge on any atom is -0.350 e. The van der Waals surface area contributed by atoms with Gasteiger partial charge in [-0.2, -0.15) is 13.2 Å². The maximum Gasteiger partial charge on any atom is 0.416 e. The average molecular weight is 430 g/mol. The molecular formula is C22H25F3N6. The smallest absolute Gasteiger partial charge is 0.350 e. The van der Waals surface area contributed by atoms with E-state index in [2.05, 4.69) is 25.8 Å². The van der Waals surface area contributed by atoms with E-state index in [0.29, 0.717) is 18.1 Å². The molecule has 6 nitrogen and oxygen atoms in total. The Morgan fingerprint density at radius 3 is 2.32 bits per heavy atom. The van der Waals surface area contributed by atoms with Crippen molar-refractivity contribution in [3.63, 3.8) is 0 Å². The summed E-state index contributed by atoms with van der Waals surface area (Å²) in [5.74, 6) is 2.07. The summed E-state index contributed by atoms with van der Waals surface area (Å²) in [6.07, 6.45) is -4.35. The maximum absolute atomic E-state index is 12.8. The second-order valence-electron chi connectivity index (χ2n) is 7.21. The van der Waals surface area contributed by atoms with Crippen LogP contribution in [0.15, 0.2) is 59.6 Å². The second kappa shape index (κ2) is 9.63. The molecule has 31 heavy (non-hydrogen) atoms. The van der Waals surface area contributed by atoms with Crippen molar-refractivity contribution in [2.24, 2.45) is 12.0 Å².